The number of nitrogens with one attached hydrogen (secondary N) is 1. The summed E-state index contributed by atoms with van der Waals surface area (Å²) in [6, 6.07) is 7.40. The Balaban J connectivity index is 1.73. The number of thioether (sulfide) groups is 1. The van der Waals surface area contributed by atoms with Gasteiger partial charge in [0.15, 0.2) is 5.16 Å². The second-order valence-corrected chi connectivity index (χ2v) is 7.04. The summed E-state index contributed by atoms with van der Waals surface area (Å²) in [5.74, 6) is -0.756. The topological polar surface area (TPSA) is 89.5 Å². The van der Waals surface area contributed by atoms with Gasteiger partial charge in [-0.15, -0.1) is 11.3 Å². The fourth-order valence-corrected chi connectivity index (χ4v) is 3.70. The molecule has 0 saturated heterocycles. The summed E-state index contributed by atoms with van der Waals surface area (Å²) in [5, 5.41) is 5.31. The van der Waals surface area contributed by atoms with Crippen molar-refractivity contribution in [2.75, 3.05) is 5.32 Å². The van der Waals surface area contributed by atoms with Gasteiger partial charge in [0.1, 0.15) is 5.00 Å². The zero-order chi connectivity index (χ0) is 16.4. The smallest absolute Gasteiger partial charge is 0.251 e. The molecule has 0 fully saturated rings. The molecular formula is C15H14N4O2S2. The van der Waals surface area contributed by atoms with E-state index in [0.29, 0.717) is 10.6 Å². The van der Waals surface area contributed by atoms with Crippen LogP contribution in [0.3, 0.4) is 0 Å². The Bertz CT molecular complexity index is 871. The number of fused-ring (bicyclic) bond motifs is 1. The Kier molecular flexibility index (Phi) is 4.35. The number of hydrogen-bond donors (Lipinski definition) is 2. The van der Waals surface area contributed by atoms with Gasteiger partial charge in [0.2, 0.25) is 5.91 Å². The number of imidazole rings is 1. The van der Waals surface area contributed by atoms with Crippen LogP contribution in [0.1, 0.15) is 17.3 Å². The molecule has 0 bridgehead atoms. The van der Waals surface area contributed by atoms with Gasteiger partial charge in [0, 0.05) is 6.20 Å². The van der Waals surface area contributed by atoms with E-state index in [9.17, 15) is 9.59 Å². The Labute approximate surface area is 140 Å². The number of amides is 2. The first-order valence-corrected chi connectivity index (χ1v) is 8.59. The summed E-state index contributed by atoms with van der Waals surface area (Å²) in [5.41, 5.74) is 6.58. The molecule has 0 radical (unpaired) electrons. The van der Waals surface area contributed by atoms with Crippen LogP contribution in [-0.4, -0.2) is 26.4 Å². The molecule has 3 heterocycles. The largest absolute Gasteiger partial charge is 0.366 e. The summed E-state index contributed by atoms with van der Waals surface area (Å²) < 4.78 is 1.93. The molecule has 3 rings (SSSR count). The Morgan fingerprint density at radius 2 is 2.22 bits per heavy atom. The van der Waals surface area contributed by atoms with Crippen LogP contribution in [0, 0.1) is 0 Å². The lowest BCUT2D eigenvalue weighted by Gasteiger charge is -2.11. The van der Waals surface area contributed by atoms with Crippen molar-refractivity contribution in [3.63, 3.8) is 0 Å². The molecule has 8 heteroatoms. The van der Waals surface area contributed by atoms with E-state index in [0.717, 1.165) is 10.7 Å². The van der Waals surface area contributed by atoms with E-state index >= 15 is 0 Å². The van der Waals surface area contributed by atoms with Crippen molar-refractivity contribution in [2.24, 2.45) is 5.73 Å². The molecule has 3 aromatic rings. The van der Waals surface area contributed by atoms with E-state index in [1.807, 2.05) is 28.8 Å². The second-order valence-electron chi connectivity index (χ2n) is 4.81. The number of hydrogen-bond acceptors (Lipinski definition) is 5. The van der Waals surface area contributed by atoms with Gasteiger partial charge in [0.05, 0.1) is 22.5 Å². The number of carbonyl (C=O) groups excluding carboxylic acids is 2. The third-order valence-electron chi connectivity index (χ3n) is 3.22. The van der Waals surface area contributed by atoms with Crippen LogP contribution in [0.4, 0.5) is 5.00 Å². The summed E-state index contributed by atoms with van der Waals surface area (Å²) >= 11 is 2.62. The van der Waals surface area contributed by atoms with Crippen LogP contribution in [0.2, 0.25) is 0 Å². The monoisotopic (exact) mass is 346 g/mol. The molecule has 23 heavy (non-hydrogen) atoms. The first-order chi connectivity index (χ1) is 11.1. The number of rotatable bonds is 5. The van der Waals surface area contributed by atoms with Crippen LogP contribution in [0.15, 0.2) is 47.2 Å². The second kappa shape index (κ2) is 6.43. The van der Waals surface area contributed by atoms with Crippen molar-refractivity contribution >= 4 is 45.4 Å². The average molecular weight is 346 g/mol. The van der Waals surface area contributed by atoms with Crippen molar-refractivity contribution in [2.45, 2.75) is 17.3 Å². The molecule has 3 N–H and O–H groups in total. The van der Waals surface area contributed by atoms with Crippen LogP contribution in [0.25, 0.3) is 5.52 Å². The molecule has 0 aromatic carbocycles. The number of nitrogens with zero attached hydrogens (tertiary/aromatic N) is 2. The maximum Gasteiger partial charge on any atom is 0.251 e. The van der Waals surface area contributed by atoms with E-state index in [-0.39, 0.29) is 11.2 Å². The van der Waals surface area contributed by atoms with E-state index in [1.54, 1.807) is 24.6 Å². The van der Waals surface area contributed by atoms with Gasteiger partial charge in [-0.25, -0.2) is 4.98 Å². The van der Waals surface area contributed by atoms with Crippen molar-refractivity contribution in [1.29, 1.82) is 0 Å². The number of aromatic nitrogens is 2. The Morgan fingerprint density at radius 1 is 1.39 bits per heavy atom. The number of nitrogens with two attached hydrogens (primary N) is 1. The maximum atomic E-state index is 12.3. The summed E-state index contributed by atoms with van der Waals surface area (Å²) in [4.78, 5) is 28.0. The Hall–Kier alpha value is -2.32. The van der Waals surface area contributed by atoms with Gasteiger partial charge in [-0.1, -0.05) is 17.8 Å². The van der Waals surface area contributed by atoms with Crippen LogP contribution in [0.5, 0.6) is 0 Å². The lowest BCUT2D eigenvalue weighted by molar-refractivity contribution is -0.115. The number of pyridine rings is 1. The van der Waals surface area contributed by atoms with Crippen LogP contribution < -0.4 is 11.1 Å². The quantitative estimate of drug-likeness (QED) is 0.695. The zero-order valence-corrected chi connectivity index (χ0v) is 13.9. The standard InChI is InChI=1S/C15H14N4O2S2/c1-9(13(21)18-14-11(12(16)20)5-7-22-14)23-15-17-8-10-4-2-3-6-19(10)15/h2-9H,1H3,(H2,16,20)(H,18,21). The molecule has 0 spiro atoms. The number of primary amides is 1. The van der Waals surface area contributed by atoms with Crippen LogP contribution in [-0.2, 0) is 4.79 Å². The van der Waals surface area contributed by atoms with Gasteiger partial charge in [-0.2, -0.15) is 0 Å². The first-order valence-electron chi connectivity index (χ1n) is 6.83. The van der Waals surface area contributed by atoms with Gasteiger partial charge in [0.25, 0.3) is 5.91 Å². The van der Waals surface area contributed by atoms with Gasteiger partial charge in [-0.3, -0.25) is 14.0 Å². The lowest BCUT2D eigenvalue weighted by atomic mass is 10.3. The molecule has 2 amide bonds. The van der Waals surface area contributed by atoms with Gasteiger partial charge in [-0.05, 0) is 30.5 Å². The predicted molar refractivity (Wildman–Crippen MR) is 92.0 cm³/mol. The average Bonchev–Trinajstić information content (AvgIpc) is 3.14. The molecule has 0 aliphatic heterocycles. The molecule has 118 valence electrons. The SMILES string of the molecule is CC(Sc1ncc2ccccn12)C(=O)Nc1sccc1C(N)=O. The highest BCUT2D eigenvalue weighted by Gasteiger charge is 2.20. The number of anilines is 1. The molecule has 0 aliphatic rings. The minimum absolute atomic E-state index is 0.201. The fraction of sp³-hybridized carbons (Fsp3) is 0.133. The summed E-state index contributed by atoms with van der Waals surface area (Å²) in [6.45, 7) is 1.79. The lowest BCUT2D eigenvalue weighted by Crippen LogP contribution is -2.24. The summed E-state index contributed by atoms with van der Waals surface area (Å²) in [7, 11) is 0. The molecule has 0 aliphatic carbocycles. The molecule has 1 atom stereocenters. The minimum Gasteiger partial charge on any atom is -0.366 e. The minimum atomic E-state index is -0.555. The molecule has 3 aromatic heterocycles. The van der Waals surface area contributed by atoms with E-state index in [2.05, 4.69) is 10.3 Å². The Morgan fingerprint density at radius 3 is 3.00 bits per heavy atom. The predicted octanol–water partition coefficient (Wildman–Crippen LogP) is 2.61. The van der Waals surface area contributed by atoms with Crippen molar-refractivity contribution < 1.29 is 9.59 Å². The third-order valence-corrected chi connectivity index (χ3v) is 5.13. The molecule has 0 saturated carbocycles. The van der Waals surface area contributed by atoms with Gasteiger partial charge < -0.3 is 11.1 Å². The normalized spacial score (nSPS) is 12.2. The summed E-state index contributed by atoms with van der Waals surface area (Å²) in [6.07, 6.45) is 3.66. The first kappa shape index (κ1) is 15.6. The van der Waals surface area contributed by atoms with Crippen molar-refractivity contribution in [3.8, 4) is 0 Å². The van der Waals surface area contributed by atoms with Crippen molar-refractivity contribution in [3.05, 3.63) is 47.6 Å². The highest BCUT2D eigenvalue weighted by Crippen LogP contribution is 2.27. The van der Waals surface area contributed by atoms with E-state index in [4.69, 9.17) is 5.73 Å². The van der Waals surface area contributed by atoms with Gasteiger partial charge >= 0.3 is 0 Å². The third kappa shape index (κ3) is 3.22. The van der Waals surface area contributed by atoms with Crippen LogP contribution >= 0.6 is 23.1 Å². The highest BCUT2D eigenvalue weighted by molar-refractivity contribution is 8.00. The van der Waals surface area contributed by atoms with Crippen molar-refractivity contribution in [1.82, 2.24) is 9.38 Å². The molecule has 6 nitrogen and oxygen atoms in total. The van der Waals surface area contributed by atoms with E-state index < -0.39 is 5.91 Å². The zero-order valence-electron chi connectivity index (χ0n) is 12.2. The fourth-order valence-electron chi connectivity index (χ4n) is 2.03. The van der Waals surface area contributed by atoms with E-state index in [1.165, 1.54) is 23.1 Å². The molecule has 1 unspecified atom stereocenters. The molecular weight excluding hydrogens is 332 g/mol. The number of carbonyl (C=O) groups is 2. The highest BCUT2D eigenvalue weighted by atomic mass is 32.2. The number of thiophene rings is 1. The maximum absolute atomic E-state index is 12.3.